The van der Waals surface area contributed by atoms with Crippen molar-refractivity contribution in [3.8, 4) is 11.5 Å². The number of benzene rings is 4. The Morgan fingerprint density at radius 3 is 2.45 bits per heavy atom. The minimum Gasteiger partial charge on any atom is -0.490 e. The topological polar surface area (TPSA) is 30.5 Å². The molecule has 158 valence electrons. The molecular weight excluding hydrogens is 382 g/mol. The highest BCUT2D eigenvalue weighted by Crippen LogP contribution is 2.31. The molecule has 3 heteroatoms. The molecule has 0 amide bonds. The number of fused-ring (bicyclic) bond motifs is 1. The van der Waals surface area contributed by atoms with Crippen molar-refractivity contribution >= 4 is 16.5 Å². The Labute approximate surface area is 184 Å². The molecule has 0 unspecified atom stereocenters. The minimum atomic E-state index is 0.502. The Morgan fingerprint density at radius 1 is 0.774 bits per heavy atom. The Bertz CT molecular complexity index is 1180. The average Bonchev–Trinajstić information content (AvgIpc) is 2.78. The Hall–Kier alpha value is -3.46. The molecule has 3 nitrogen and oxygen atoms in total. The van der Waals surface area contributed by atoms with Crippen molar-refractivity contribution < 1.29 is 9.47 Å². The highest BCUT2D eigenvalue weighted by atomic mass is 16.5. The number of aryl methyl sites for hydroxylation is 2. The summed E-state index contributed by atoms with van der Waals surface area (Å²) in [5, 5.41) is 5.97. The lowest BCUT2D eigenvalue weighted by atomic mass is 10.1. The fourth-order valence-corrected chi connectivity index (χ4v) is 3.83. The summed E-state index contributed by atoms with van der Waals surface area (Å²) in [6.07, 6.45) is 0. The van der Waals surface area contributed by atoms with Crippen molar-refractivity contribution in [3.05, 3.63) is 101 Å². The quantitative estimate of drug-likeness (QED) is 0.337. The lowest BCUT2D eigenvalue weighted by molar-refractivity contribution is 0.270. The normalized spacial score (nSPS) is 10.8. The highest BCUT2D eigenvalue weighted by Gasteiger charge is 2.09. The summed E-state index contributed by atoms with van der Waals surface area (Å²) in [5.74, 6) is 1.55. The molecule has 4 aromatic rings. The number of ether oxygens (including phenoxy) is 2. The molecule has 31 heavy (non-hydrogen) atoms. The van der Waals surface area contributed by atoms with Gasteiger partial charge in [-0.25, -0.2) is 0 Å². The van der Waals surface area contributed by atoms with Gasteiger partial charge >= 0.3 is 0 Å². The Morgan fingerprint density at radius 2 is 1.61 bits per heavy atom. The fraction of sp³-hybridized carbons (Fsp3) is 0.214. The third kappa shape index (κ3) is 5.00. The van der Waals surface area contributed by atoms with E-state index < -0.39 is 0 Å². The van der Waals surface area contributed by atoms with Gasteiger partial charge in [0.1, 0.15) is 6.61 Å². The van der Waals surface area contributed by atoms with Crippen molar-refractivity contribution in [2.45, 2.75) is 33.9 Å². The second-order valence-corrected chi connectivity index (χ2v) is 7.81. The van der Waals surface area contributed by atoms with Crippen molar-refractivity contribution in [3.63, 3.8) is 0 Å². The summed E-state index contributed by atoms with van der Waals surface area (Å²) in [7, 11) is 0. The summed E-state index contributed by atoms with van der Waals surface area (Å²) in [6.45, 7) is 8.07. The van der Waals surface area contributed by atoms with Gasteiger partial charge in [0.05, 0.1) is 6.61 Å². The molecule has 0 aromatic heterocycles. The maximum absolute atomic E-state index is 6.19. The molecule has 0 spiro atoms. The first kappa shape index (κ1) is 20.8. The number of anilines is 1. The summed E-state index contributed by atoms with van der Waals surface area (Å²) in [4.78, 5) is 0. The molecule has 0 saturated carbocycles. The molecule has 0 radical (unpaired) electrons. The predicted octanol–water partition coefficient (Wildman–Crippen LogP) is 7.05. The van der Waals surface area contributed by atoms with E-state index in [-0.39, 0.29) is 0 Å². The number of hydrogen-bond donors (Lipinski definition) is 1. The van der Waals surface area contributed by atoms with Crippen LogP contribution in [0.25, 0.3) is 10.8 Å². The van der Waals surface area contributed by atoms with Crippen LogP contribution < -0.4 is 14.8 Å². The molecule has 0 aliphatic carbocycles. The van der Waals surface area contributed by atoms with Gasteiger partial charge in [0.2, 0.25) is 0 Å². The second kappa shape index (κ2) is 9.57. The van der Waals surface area contributed by atoms with Crippen LogP contribution in [0.2, 0.25) is 0 Å². The van der Waals surface area contributed by atoms with E-state index in [1.165, 1.54) is 27.5 Å². The molecule has 4 aromatic carbocycles. The zero-order valence-corrected chi connectivity index (χ0v) is 18.4. The van der Waals surface area contributed by atoms with Crippen molar-refractivity contribution in [1.29, 1.82) is 0 Å². The van der Waals surface area contributed by atoms with E-state index in [2.05, 4.69) is 92.0 Å². The van der Waals surface area contributed by atoms with Crippen molar-refractivity contribution in [2.24, 2.45) is 0 Å². The fourth-order valence-electron chi connectivity index (χ4n) is 3.83. The third-order valence-corrected chi connectivity index (χ3v) is 5.44. The first-order chi connectivity index (χ1) is 15.1. The molecule has 4 rings (SSSR count). The number of rotatable bonds is 8. The van der Waals surface area contributed by atoms with Crippen molar-refractivity contribution in [2.75, 3.05) is 11.9 Å². The summed E-state index contributed by atoms with van der Waals surface area (Å²) >= 11 is 0. The zero-order valence-electron chi connectivity index (χ0n) is 18.4. The lowest BCUT2D eigenvalue weighted by Gasteiger charge is -2.15. The van der Waals surface area contributed by atoms with E-state index in [9.17, 15) is 0 Å². The molecule has 0 aliphatic rings. The molecule has 0 bridgehead atoms. The summed E-state index contributed by atoms with van der Waals surface area (Å²) < 4.78 is 12.1. The van der Waals surface area contributed by atoms with E-state index >= 15 is 0 Å². The van der Waals surface area contributed by atoms with E-state index in [4.69, 9.17) is 9.47 Å². The first-order valence-electron chi connectivity index (χ1n) is 10.8. The van der Waals surface area contributed by atoms with Gasteiger partial charge in [0.15, 0.2) is 11.5 Å². The van der Waals surface area contributed by atoms with Crippen LogP contribution >= 0.6 is 0 Å². The first-order valence-corrected chi connectivity index (χ1v) is 10.8. The van der Waals surface area contributed by atoms with Crippen LogP contribution in [0.5, 0.6) is 11.5 Å². The van der Waals surface area contributed by atoms with Gasteiger partial charge in [-0.2, -0.15) is 0 Å². The smallest absolute Gasteiger partial charge is 0.161 e. The van der Waals surface area contributed by atoms with Gasteiger partial charge < -0.3 is 14.8 Å². The maximum Gasteiger partial charge on any atom is 0.161 e. The minimum absolute atomic E-state index is 0.502. The van der Waals surface area contributed by atoms with Crippen LogP contribution in [0, 0.1) is 13.8 Å². The molecule has 0 fully saturated rings. The Kier molecular flexibility index (Phi) is 6.42. The number of hydrogen-bond acceptors (Lipinski definition) is 3. The van der Waals surface area contributed by atoms with E-state index in [1.807, 2.05) is 13.0 Å². The zero-order chi connectivity index (χ0) is 21.6. The van der Waals surface area contributed by atoms with Gasteiger partial charge in [0.25, 0.3) is 0 Å². The maximum atomic E-state index is 6.19. The third-order valence-electron chi connectivity index (χ3n) is 5.44. The average molecular weight is 412 g/mol. The predicted molar refractivity (Wildman–Crippen MR) is 129 cm³/mol. The van der Waals surface area contributed by atoms with Crippen LogP contribution in [0.3, 0.4) is 0 Å². The highest BCUT2D eigenvalue weighted by molar-refractivity contribution is 5.85. The van der Waals surface area contributed by atoms with Crippen LogP contribution in [0.15, 0.2) is 78.9 Å². The van der Waals surface area contributed by atoms with Crippen LogP contribution in [0.1, 0.15) is 29.2 Å². The standard InChI is InChI=1S/C28H29NO2/c1-4-30-28-17-22(18-29-26-14-12-20(2)16-21(26)3)13-15-27(28)31-19-24-10-7-9-23-8-5-6-11-25(23)24/h5-17,29H,4,18-19H2,1-3H3. The van der Waals surface area contributed by atoms with Gasteiger partial charge in [0, 0.05) is 12.2 Å². The molecule has 0 saturated heterocycles. The van der Waals surface area contributed by atoms with Gasteiger partial charge in [-0.05, 0) is 66.4 Å². The van der Waals surface area contributed by atoms with E-state index in [1.54, 1.807) is 0 Å². The van der Waals surface area contributed by atoms with Crippen molar-refractivity contribution in [1.82, 2.24) is 0 Å². The SMILES string of the molecule is CCOc1cc(CNc2ccc(C)cc2C)ccc1OCc1cccc2ccccc12. The number of nitrogens with one attached hydrogen (secondary N) is 1. The molecular formula is C28H29NO2. The molecule has 0 heterocycles. The summed E-state index contributed by atoms with van der Waals surface area (Å²) in [5.41, 5.74) is 6.00. The largest absolute Gasteiger partial charge is 0.490 e. The van der Waals surface area contributed by atoms with Gasteiger partial charge in [-0.1, -0.05) is 66.2 Å². The summed E-state index contributed by atoms with van der Waals surface area (Å²) in [6, 6.07) is 27.3. The molecule has 0 atom stereocenters. The molecule has 0 aliphatic heterocycles. The van der Waals surface area contributed by atoms with Crippen LogP contribution in [-0.2, 0) is 13.2 Å². The Balaban J connectivity index is 1.49. The second-order valence-electron chi connectivity index (χ2n) is 7.81. The van der Waals surface area contributed by atoms with Crippen LogP contribution in [0.4, 0.5) is 5.69 Å². The molecule has 1 N–H and O–H groups in total. The van der Waals surface area contributed by atoms with E-state index in [0.29, 0.717) is 13.2 Å². The van der Waals surface area contributed by atoms with Gasteiger partial charge in [-0.3, -0.25) is 0 Å². The van der Waals surface area contributed by atoms with Crippen LogP contribution in [-0.4, -0.2) is 6.61 Å². The van der Waals surface area contributed by atoms with E-state index in [0.717, 1.165) is 29.3 Å². The lowest BCUT2D eigenvalue weighted by Crippen LogP contribution is -2.04. The monoisotopic (exact) mass is 411 g/mol. The van der Waals surface area contributed by atoms with Gasteiger partial charge in [-0.15, -0.1) is 0 Å².